The Balaban J connectivity index is 1.90. The van der Waals surface area contributed by atoms with Gasteiger partial charge in [-0.15, -0.1) is 11.8 Å². The zero-order chi connectivity index (χ0) is 17.8. The van der Waals surface area contributed by atoms with Crippen molar-refractivity contribution in [3.8, 4) is 17.2 Å². The number of hydrogen-bond acceptors (Lipinski definition) is 6. The van der Waals surface area contributed by atoms with Crippen molar-refractivity contribution in [3.05, 3.63) is 53.6 Å². The third-order valence-corrected chi connectivity index (χ3v) is 5.53. The molecule has 0 saturated carbocycles. The average molecular weight is 373 g/mol. The fraction of sp³-hybridized carbons (Fsp3) is 0.263. The van der Waals surface area contributed by atoms with Crippen molar-refractivity contribution in [1.29, 1.82) is 0 Å². The van der Waals surface area contributed by atoms with Gasteiger partial charge in [-0.05, 0) is 17.7 Å². The van der Waals surface area contributed by atoms with Crippen molar-refractivity contribution in [2.75, 3.05) is 27.1 Å². The van der Waals surface area contributed by atoms with Crippen LogP contribution in [0.15, 0.2) is 47.5 Å². The summed E-state index contributed by atoms with van der Waals surface area (Å²) in [6.45, 7) is 0. The molecule has 0 radical (unpaired) electrons. The summed E-state index contributed by atoms with van der Waals surface area (Å²) in [6.07, 6.45) is 0. The number of hydrogen-bond donors (Lipinski definition) is 0. The van der Waals surface area contributed by atoms with E-state index in [1.54, 1.807) is 33.1 Å². The first-order valence-electron chi connectivity index (χ1n) is 7.78. The molecule has 0 amide bonds. The highest BCUT2D eigenvalue weighted by atomic mass is 32.2. The van der Waals surface area contributed by atoms with Gasteiger partial charge in [-0.1, -0.05) is 42.5 Å². The summed E-state index contributed by atoms with van der Waals surface area (Å²) in [4.78, 5) is 5.59. The van der Waals surface area contributed by atoms with E-state index in [0.29, 0.717) is 17.2 Å². The van der Waals surface area contributed by atoms with E-state index < -0.39 is 0 Å². The van der Waals surface area contributed by atoms with Crippen LogP contribution < -0.4 is 14.2 Å². The SMILES string of the molecule is COc1cc(C(=S)C2CSC(c3ccccc3)=N2)cc(OC)c1OC. The van der Waals surface area contributed by atoms with E-state index in [2.05, 4.69) is 12.1 Å². The molecule has 4 nitrogen and oxygen atoms in total. The van der Waals surface area contributed by atoms with Crippen LogP contribution >= 0.6 is 24.0 Å². The number of benzene rings is 2. The van der Waals surface area contributed by atoms with Crippen molar-refractivity contribution in [1.82, 2.24) is 0 Å². The fourth-order valence-electron chi connectivity index (χ4n) is 2.66. The molecule has 0 fully saturated rings. The minimum absolute atomic E-state index is 0.0435. The van der Waals surface area contributed by atoms with Crippen LogP contribution in [0.25, 0.3) is 0 Å². The number of ether oxygens (including phenoxy) is 3. The van der Waals surface area contributed by atoms with E-state index in [9.17, 15) is 0 Å². The minimum Gasteiger partial charge on any atom is -0.493 e. The predicted octanol–water partition coefficient (Wildman–Crippen LogP) is 3.99. The van der Waals surface area contributed by atoms with Crippen molar-refractivity contribution < 1.29 is 14.2 Å². The Hall–Kier alpha value is -2.05. The quantitative estimate of drug-likeness (QED) is 0.566. The van der Waals surface area contributed by atoms with Gasteiger partial charge < -0.3 is 14.2 Å². The first kappa shape index (κ1) is 17.8. The van der Waals surface area contributed by atoms with Crippen molar-refractivity contribution >= 4 is 33.9 Å². The molecule has 130 valence electrons. The topological polar surface area (TPSA) is 40.0 Å². The van der Waals surface area contributed by atoms with Crippen molar-refractivity contribution in [2.45, 2.75) is 6.04 Å². The predicted molar refractivity (Wildman–Crippen MR) is 107 cm³/mol. The molecule has 0 N–H and O–H groups in total. The first-order chi connectivity index (χ1) is 12.2. The third kappa shape index (κ3) is 3.65. The number of aliphatic imine (C=N–C) groups is 1. The van der Waals surface area contributed by atoms with Crippen LogP contribution in [0.3, 0.4) is 0 Å². The molecule has 2 aromatic carbocycles. The maximum absolute atomic E-state index is 5.71. The van der Waals surface area contributed by atoms with Crippen LogP contribution in [0.4, 0.5) is 0 Å². The van der Waals surface area contributed by atoms with Crippen LogP contribution in [0.1, 0.15) is 11.1 Å². The molecule has 1 unspecified atom stereocenters. The van der Waals surface area contributed by atoms with E-state index in [0.717, 1.165) is 26.8 Å². The lowest BCUT2D eigenvalue weighted by atomic mass is 10.1. The van der Waals surface area contributed by atoms with Gasteiger partial charge in [0.1, 0.15) is 0 Å². The molecule has 2 aromatic rings. The molecular weight excluding hydrogens is 354 g/mol. The first-order valence-corrected chi connectivity index (χ1v) is 9.17. The van der Waals surface area contributed by atoms with Crippen LogP contribution in [-0.4, -0.2) is 43.0 Å². The van der Waals surface area contributed by atoms with Crippen molar-refractivity contribution in [2.24, 2.45) is 4.99 Å². The Bertz CT molecular complexity index is 781. The molecule has 1 atom stereocenters. The molecule has 1 aliphatic rings. The second kappa shape index (κ2) is 7.89. The number of methoxy groups -OCH3 is 3. The van der Waals surface area contributed by atoms with Gasteiger partial charge in [0, 0.05) is 16.2 Å². The van der Waals surface area contributed by atoms with E-state index in [1.165, 1.54) is 0 Å². The second-order valence-electron chi connectivity index (χ2n) is 5.41. The average Bonchev–Trinajstić information content (AvgIpc) is 3.17. The van der Waals surface area contributed by atoms with Gasteiger partial charge in [-0.2, -0.15) is 0 Å². The van der Waals surface area contributed by atoms with Gasteiger partial charge >= 0.3 is 0 Å². The summed E-state index contributed by atoms with van der Waals surface area (Å²) in [5, 5.41) is 1.03. The van der Waals surface area contributed by atoms with Crippen LogP contribution in [0.5, 0.6) is 17.2 Å². The minimum atomic E-state index is -0.0435. The van der Waals surface area contributed by atoms with E-state index in [-0.39, 0.29) is 6.04 Å². The summed E-state index contributed by atoms with van der Waals surface area (Å²) in [5.41, 5.74) is 2.00. The lowest BCUT2D eigenvalue weighted by Gasteiger charge is -2.15. The molecule has 1 aliphatic heterocycles. The van der Waals surface area contributed by atoms with Crippen LogP contribution in [-0.2, 0) is 0 Å². The standard InChI is InChI=1S/C19H19NO3S2/c1-21-15-9-13(10-16(22-2)17(15)23-3)18(24)14-11-25-19(20-14)12-7-5-4-6-8-12/h4-10,14H,11H2,1-3H3. The molecule has 0 aromatic heterocycles. The van der Waals surface area contributed by atoms with E-state index >= 15 is 0 Å². The normalized spacial score (nSPS) is 16.3. The van der Waals surface area contributed by atoms with E-state index in [1.807, 2.05) is 30.3 Å². The highest BCUT2D eigenvalue weighted by molar-refractivity contribution is 8.14. The third-order valence-electron chi connectivity index (χ3n) is 3.92. The van der Waals surface area contributed by atoms with Crippen LogP contribution in [0, 0.1) is 0 Å². The molecule has 6 heteroatoms. The summed E-state index contributed by atoms with van der Waals surface area (Å²) in [7, 11) is 4.78. The molecule has 25 heavy (non-hydrogen) atoms. The molecule has 0 spiro atoms. The number of nitrogens with zero attached hydrogens (tertiary/aromatic N) is 1. The Morgan fingerprint density at radius 2 is 1.68 bits per heavy atom. The second-order valence-corrected chi connectivity index (χ2v) is 6.85. The zero-order valence-corrected chi connectivity index (χ0v) is 15.9. The Kier molecular flexibility index (Phi) is 5.60. The number of thioether (sulfide) groups is 1. The Labute approximate surface area is 157 Å². The van der Waals surface area contributed by atoms with E-state index in [4.69, 9.17) is 31.4 Å². The molecule has 0 saturated heterocycles. The fourth-order valence-corrected chi connectivity index (χ4v) is 4.08. The summed E-state index contributed by atoms with van der Waals surface area (Å²) in [6, 6.07) is 13.9. The molecule has 1 heterocycles. The van der Waals surface area contributed by atoms with Gasteiger partial charge in [0.2, 0.25) is 5.75 Å². The molecular formula is C19H19NO3S2. The number of rotatable bonds is 6. The highest BCUT2D eigenvalue weighted by Crippen LogP contribution is 2.39. The molecule has 3 rings (SSSR count). The Morgan fingerprint density at radius 1 is 1.04 bits per heavy atom. The number of thiocarbonyl (C=S) groups is 1. The Morgan fingerprint density at radius 3 is 2.24 bits per heavy atom. The largest absolute Gasteiger partial charge is 0.493 e. The lowest BCUT2D eigenvalue weighted by molar-refractivity contribution is 0.324. The van der Waals surface area contributed by atoms with Gasteiger partial charge in [0.25, 0.3) is 0 Å². The summed E-state index contributed by atoms with van der Waals surface area (Å²) < 4.78 is 16.2. The van der Waals surface area contributed by atoms with Gasteiger partial charge in [-0.3, -0.25) is 4.99 Å². The smallest absolute Gasteiger partial charge is 0.203 e. The molecule has 0 aliphatic carbocycles. The maximum atomic E-state index is 5.71. The summed E-state index contributed by atoms with van der Waals surface area (Å²) >= 11 is 7.43. The highest BCUT2D eigenvalue weighted by Gasteiger charge is 2.25. The van der Waals surface area contributed by atoms with Gasteiger partial charge in [0.15, 0.2) is 11.5 Å². The zero-order valence-electron chi connectivity index (χ0n) is 14.3. The lowest BCUT2D eigenvalue weighted by Crippen LogP contribution is -2.18. The van der Waals surface area contributed by atoms with Gasteiger partial charge in [0.05, 0.1) is 32.4 Å². The van der Waals surface area contributed by atoms with Gasteiger partial charge in [-0.25, -0.2) is 0 Å². The monoisotopic (exact) mass is 373 g/mol. The van der Waals surface area contributed by atoms with Crippen LogP contribution in [0.2, 0.25) is 0 Å². The summed E-state index contributed by atoms with van der Waals surface area (Å²) in [5.74, 6) is 2.58. The maximum Gasteiger partial charge on any atom is 0.203 e. The van der Waals surface area contributed by atoms with Crippen molar-refractivity contribution in [3.63, 3.8) is 0 Å². The molecule has 0 bridgehead atoms.